The van der Waals surface area contributed by atoms with E-state index in [1.165, 1.54) is 44.9 Å². The van der Waals surface area contributed by atoms with Crippen molar-refractivity contribution in [3.63, 3.8) is 0 Å². The van der Waals surface area contributed by atoms with E-state index in [-0.39, 0.29) is 0 Å². The standard InChI is InChI=1S/C15H26O/c1-2-3-4-5-6-7-8-10-15-11-9-13-16-14-12-15/h5-6,9,11,15H,2-4,7-8,10,12-14H2,1H3. The van der Waals surface area contributed by atoms with E-state index < -0.39 is 0 Å². The van der Waals surface area contributed by atoms with E-state index in [1.807, 2.05) is 0 Å². The molecule has 1 rings (SSSR count). The fraction of sp³-hybridized carbons (Fsp3) is 0.733. The van der Waals surface area contributed by atoms with Crippen LogP contribution in [0.5, 0.6) is 0 Å². The Kier molecular flexibility index (Phi) is 8.15. The molecule has 0 aromatic rings. The summed E-state index contributed by atoms with van der Waals surface area (Å²) in [7, 11) is 0. The van der Waals surface area contributed by atoms with Gasteiger partial charge in [0, 0.05) is 6.61 Å². The van der Waals surface area contributed by atoms with Gasteiger partial charge in [0.2, 0.25) is 0 Å². The van der Waals surface area contributed by atoms with Gasteiger partial charge in [0.1, 0.15) is 0 Å². The minimum Gasteiger partial charge on any atom is -0.377 e. The molecule has 0 saturated carbocycles. The Morgan fingerprint density at radius 1 is 1.25 bits per heavy atom. The zero-order valence-corrected chi connectivity index (χ0v) is 10.7. The normalized spacial score (nSPS) is 21.4. The number of allylic oxidation sites excluding steroid dienone is 3. The van der Waals surface area contributed by atoms with Crippen molar-refractivity contribution in [2.24, 2.45) is 5.92 Å². The van der Waals surface area contributed by atoms with Gasteiger partial charge in [-0.15, -0.1) is 0 Å². The fourth-order valence-electron chi connectivity index (χ4n) is 2.03. The lowest BCUT2D eigenvalue weighted by atomic mass is 9.98. The smallest absolute Gasteiger partial charge is 0.0647 e. The molecule has 0 radical (unpaired) electrons. The molecular weight excluding hydrogens is 196 g/mol. The molecule has 1 heterocycles. The van der Waals surface area contributed by atoms with Crippen LogP contribution in [0.3, 0.4) is 0 Å². The largest absolute Gasteiger partial charge is 0.377 e. The van der Waals surface area contributed by atoms with Gasteiger partial charge in [-0.2, -0.15) is 0 Å². The predicted molar refractivity (Wildman–Crippen MR) is 70.6 cm³/mol. The van der Waals surface area contributed by atoms with Crippen molar-refractivity contribution in [2.75, 3.05) is 13.2 Å². The van der Waals surface area contributed by atoms with Gasteiger partial charge in [0.25, 0.3) is 0 Å². The van der Waals surface area contributed by atoms with Crippen LogP contribution in [0.25, 0.3) is 0 Å². The van der Waals surface area contributed by atoms with Crippen LogP contribution < -0.4 is 0 Å². The summed E-state index contributed by atoms with van der Waals surface area (Å²) in [5.74, 6) is 0.756. The van der Waals surface area contributed by atoms with Crippen LogP contribution in [0.2, 0.25) is 0 Å². The second kappa shape index (κ2) is 9.65. The van der Waals surface area contributed by atoms with Gasteiger partial charge in [0.05, 0.1) is 6.61 Å². The van der Waals surface area contributed by atoms with E-state index >= 15 is 0 Å². The van der Waals surface area contributed by atoms with E-state index in [2.05, 4.69) is 31.2 Å². The summed E-state index contributed by atoms with van der Waals surface area (Å²) in [6.45, 7) is 3.99. The lowest BCUT2D eigenvalue weighted by Crippen LogP contribution is -1.99. The number of unbranched alkanes of at least 4 members (excludes halogenated alkanes) is 3. The van der Waals surface area contributed by atoms with Crippen LogP contribution in [0.15, 0.2) is 24.3 Å². The van der Waals surface area contributed by atoms with Crippen molar-refractivity contribution in [3.8, 4) is 0 Å². The minimum absolute atomic E-state index is 0.756. The first kappa shape index (κ1) is 13.5. The third-order valence-corrected chi connectivity index (χ3v) is 3.09. The Bertz CT molecular complexity index is 205. The van der Waals surface area contributed by atoms with Gasteiger partial charge in [-0.25, -0.2) is 0 Å². The Hall–Kier alpha value is -0.560. The Morgan fingerprint density at radius 2 is 2.06 bits per heavy atom. The minimum atomic E-state index is 0.756. The molecule has 0 aromatic carbocycles. The van der Waals surface area contributed by atoms with Crippen LogP contribution in [0.4, 0.5) is 0 Å². The maximum absolute atomic E-state index is 5.40. The van der Waals surface area contributed by atoms with Crippen molar-refractivity contribution >= 4 is 0 Å². The van der Waals surface area contributed by atoms with Crippen LogP contribution in [-0.4, -0.2) is 13.2 Å². The van der Waals surface area contributed by atoms with Crippen LogP contribution in [-0.2, 0) is 4.74 Å². The molecule has 0 spiro atoms. The molecule has 1 aliphatic rings. The Balaban J connectivity index is 1.99. The molecule has 0 aliphatic carbocycles. The van der Waals surface area contributed by atoms with E-state index in [0.717, 1.165) is 19.1 Å². The molecule has 1 heteroatoms. The quantitative estimate of drug-likeness (QED) is 0.455. The monoisotopic (exact) mass is 222 g/mol. The van der Waals surface area contributed by atoms with E-state index in [9.17, 15) is 0 Å². The Labute approximate surface area is 101 Å². The number of hydrogen-bond acceptors (Lipinski definition) is 1. The zero-order chi connectivity index (χ0) is 11.5. The maximum atomic E-state index is 5.40. The summed E-state index contributed by atoms with van der Waals surface area (Å²) in [5.41, 5.74) is 0. The highest BCUT2D eigenvalue weighted by Crippen LogP contribution is 2.17. The average Bonchev–Trinajstić information content (AvgIpc) is 2.56. The van der Waals surface area contributed by atoms with Gasteiger partial charge < -0.3 is 4.74 Å². The highest BCUT2D eigenvalue weighted by molar-refractivity contribution is 4.91. The molecule has 92 valence electrons. The average molecular weight is 222 g/mol. The first-order chi connectivity index (χ1) is 7.93. The molecule has 0 amide bonds. The van der Waals surface area contributed by atoms with Crippen molar-refractivity contribution in [1.29, 1.82) is 0 Å². The summed E-state index contributed by atoms with van der Waals surface area (Å²) >= 11 is 0. The Morgan fingerprint density at radius 3 is 2.88 bits per heavy atom. The molecule has 0 bridgehead atoms. The van der Waals surface area contributed by atoms with Crippen molar-refractivity contribution in [2.45, 2.75) is 51.9 Å². The zero-order valence-electron chi connectivity index (χ0n) is 10.7. The summed E-state index contributed by atoms with van der Waals surface area (Å²) in [6.07, 6.45) is 18.2. The third-order valence-electron chi connectivity index (χ3n) is 3.09. The van der Waals surface area contributed by atoms with E-state index in [1.54, 1.807) is 0 Å². The molecule has 1 nitrogen and oxygen atoms in total. The molecule has 1 atom stereocenters. The summed E-state index contributed by atoms with van der Waals surface area (Å²) in [5, 5.41) is 0. The molecule has 0 N–H and O–H groups in total. The van der Waals surface area contributed by atoms with Crippen molar-refractivity contribution < 1.29 is 4.74 Å². The molecule has 1 unspecified atom stereocenters. The highest BCUT2D eigenvalue weighted by atomic mass is 16.5. The summed E-state index contributed by atoms with van der Waals surface area (Å²) in [6, 6.07) is 0. The molecule has 0 saturated heterocycles. The number of rotatable bonds is 7. The van der Waals surface area contributed by atoms with Crippen molar-refractivity contribution in [1.82, 2.24) is 0 Å². The highest BCUT2D eigenvalue weighted by Gasteiger charge is 2.06. The molecule has 0 aromatic heterocycles. The van der Waals surface area contributed by atoms with Crippen LogP contribution in [0.1, 0.15) is 51.9 Å². The van der Waals surface area contributed by atoms with Gasteiger partial charge in [0.15, 0.2) is 0 Å². The van der Waals surface area contributed by atoms with E-state index in [0.29, 0.717) is 0 Å². The lowest BCUT2D eigenvalue weighted by molar-refractivity contribution is 0.156. The topological polar surface area (TPSA) is 9.23 Å². The predicted octanol–water partition coefficient (Wildman–Crippen LogP) is 4.50. The maximum Gasteiger partial charge on any atom is 0.0647 e. The van der Waals surface area contributed by atoms with Crippen LogP contribution >= 0.6 is 0 Å². The first-order valence-electron chi connectivity index (χ1n) is 6.83. The number of ether oxygens (including phenoxy) is 1. The van der Waals surface area contributed by atoms with E-state index in [4.69, 9.17) is 4.74 Å². The third kappa shape index (κ3) is 6.84. The summed E-state index contributed by atoms with van der Waals surface area (Å²) in [4.78, 5) is 0. The second-order valence-corrected chi connectivity index (χ2v) is 4.60. The molecule has 1 aliphatic heterocycles. The van der Waals surface area contributed by atoms with Crippen molar-refractivity contribution in [3.05, 3.63) is 24.3 Å². The van der Waals surface area contributed by atoms with Gasteiger partial charge in [-0.05, 0) is 38.0 Å². The number of hydrogen-bond donors (Lipinski definition) is 0. The molecule has 0 fully saturated rings. The lowest BCUT2D eigenvalue weighted by Gasteiger charge is -2.08. The molecular formula is C15H26O. The summed E-state index contributed by atoms with van der Waals surface area (Å²) < 4.78 is 5.40. The second-order valence-electron chi connectivity index (χ2n) is 4.60. The molecule has 16 heavy (non-hydrogen) atoms. The van der Waals surface area contributed by atoms with Crippen LogP contribution in [0, 0.1) is 5.92 Å². The van der Waals surface area contributed by atoms with Gasteiger partial charge in [-0.1, -0.05) is 44.1 Å². The fourth-order valence-corrected chi connectivity index (χ4v) is 2.03. The van der Waals surface area contributed by atoms with Gasteiger partial charge in [-0.3, -0.25) is 0 Å². The van der Waals surface area contributed by atoms with Gasteiger partial charge >= 0.3 is 0 Å². The SMILES string of the molecule is CCCCC=CCCCC1C=CCOCC1. The first-order valence-corrected chi connectivity index (χ1v) is 6.83.